The van der Waals surface area contributed by atoms with E-state index in [-0.39, 0.29) is 0 Å². The second-order valence-electron chi connectivity index (χ2n) is 6.05. The number of fused-ring (bicyclic) bond motifs is 1. The molecule has 1 N–H and O–H groups in total. The van der Waals surface area contributed by atoms with E-state index in [0.29, 0.717) is 12.1 Å². The van der Waals surface area contributed by atoms with Gasteiger partial charge >= 0.3 is 0 Å². The molecule has 1 aromatic rings. The number of nitrogens with one attached hydrogen (secondary N) is 1. The van der Waals surface area contributed by atoms with Gasteiger partial charge in [0.2, 0.25) is 0 Å². The number of aryl methyl sites for hydroxylation is 1. The van der Waals surface area contributed by atoms with Crippen LogP contribution in [0.4, 0.5) is 0 Å². The van der Waals surface area contributed by atoms with Crippen molar-refractivity contribution in [3.8, 4) is 5.75 Å². The average Bonchev–Trinajstić information content (AvgIpc) is 2.81. The van der Waals surface area contributed by atoms with Crippen LogP contribution in [0.5, 0.6) is 5.75 Å². The van der Waals surface area contributed by atoms with E-state index in [1.165, 1.54) is 36.0 Å². The molecule has 1 aliphatic carbocycles. The van der Waals surface area contributed by atoms with Crippen LogP contribution in [0.25, 0.3) is 0 Å². The standard InChI is InChI=1S/C17H27NO/c1-12(2)18-14(4)10-11-19-17-9-8-13(3)15-6-5-7-16(15)17/h8-9,12,14,18H,5-7,10-11H2,1-4H3. The third-order valence-electron chi connectivity index (χ3n) is 3.90. The number of rotatable bonds is 6. The van der Waals surface area contributed by atoms with Crippen molar-refractivity contribution in [1.29, 1.82) is 0 Å². The molecule has 0 aromatic heterocycles. The van der Waals surface area contributed by atoms with E-state index in [1.807, 2.05) is 0 Å². The van der Waals surface area contributed by atoms with Crippen LogP contribution in [0.2, 0.25) is 0 Å². The Balaban J connectivity index is 1.89. The summed E-state index contributed by atoms with van der Waals surface area (Å²) in [5.41, 5.74) is 4.42. The summed E-state index contributed by atoms with van der Waals surface area (Å²) in [4.78, 5) is 0. The van der Waals surface area contributed by atoms with Gasteiger partial charge in [-0.15, -0.1) is 0 Å². The van der Waals surface area contributed by atoms with Gasteiger partial charge in [0.05, 0.1) is 6.61 Å². The van der Waals surface area contributed by atoms with E-state index < -0.39 is 0 Å². The largest absolute Gasteiger partial charge is 0.493 e. The number of hydrogen-bond donors (Lipinski definition) is 1. The highest BCUT2D eigenvalue weighted by Crippen LogP contribution is 2.33. The third kappa shape index (κ3) is 3.73. The Morgan fingerprint density at radius 3 is 2.63 bits per heavy atom. The van der Waals surface area contributed by atoms with Crippen molar-refractivity contribution in [3.63, 3.8) is 0 Å². The molecule has 2 heteroatoms. The summed E-state index contributed by atoms with van der Waals surface area (Å²) in [5, 5.41) is 3.51. The highest BCUT2D eigenvalue weighted by Gasteiger charge is 2.17. The van der Waals surface area contributed by atoms with E-state index in [4.69, 9.17) is 4.74 Å². The molecule has 1 atom stereocenters. The molecule has 19 heavy (non-hydrogen) atoms. The first-order chi connectivity index (χ1) is 9.08. The summed E-state index contributed by atoms with van der Waals surface area (Å²) in [6, 6.07) is 5.41. The minimum absolute atomic E-state index is 0.512. The second kappa shape index (κ2) is 6.42. The highest BCUT2D eigenvalue weighted by molar-refractivity contribution is 5.47. The van der Waals surface area contributed by atoms with Crippen LogP contribution in [0.15, 0.2) is 12.1 Å². The first kappa shape index (κ1) is 14.4. The zero-order valence-corrected chi connectivity index (χ0v) is 12.8. The lowest BCUT2D eigenvalue weighted by atomic mass is 10.0. The van der Waals surface area contributed by atoms with E-state index in [0.717, 1.165) is 18.8 Å². The van der Waals surface area contributed by atoms with E-state index in [1.54, 1.807) is 0 Å². The summed E-state index contributed by atoms with van der Waals surface area (Å²) in [6.45, 7) is 9.61. The lowest BCUT2D eigenvalue weighted by Gasteiger charge is -2.18. The Hall–Kier alpha value is -1.02. The van der Waals surface area contributed by atoms with Gasteiger partial charge in [0.1, 0.15) is 5.75 Å². The summed E-state index contributed by atoms with van der Waals surface area (Å²) < 4.78 is 6.02. The van der Waals surface area contributed by atoms with Gasteiger partial charge in [-0.1, -0.05) is 19.9 Å². The molecule has 0 fully saturated rings. The lowest BCUT2D eigenvalue weighted by molar-refractivity contribution is 0.284. The molecule has 1 aromatic carbocycles. The molecule has 0 saturated heterocycles. The Labute approximate surface area is 117 Å². The van der Waals surface area contributed by atoms with Crippen molar-refractivity contribution in [2.45, 2.75) is 65.5 Å². The Kier molecular flexibility index (Phi) is 4.87. The molecule has 1 aliphatic rings. The molecular weight excluding hydrogens is 234 g/mol. The number of ether oxygens (including phenoxy) is 1. The second-order valence-corrected chi connectivity index (χ2v) is 6.05. The summed E-state index contributed by atoms with van der Waals surface area (Å²) in [7, 11) is 0. The van der Waals surface area contributed by atoms with Crippen molar-refractivity contribution in [1.82, 2.24) is 5.32 Å². The Morgan fingerprint density at radius 2 is 1.89 bits per heavy atom. The lowest BCUT2D eigenvalue weighted by Crippen LogP contribution is -2.33. The molecule has 2 nitrogen and oxygen atoms in total. The first-order valence-corrected chi connectivity index (χ1v) is 7.58. The minimum Gasteiger partial charge on any atom is -0.493 e. The molecule has 0 heterocycles. The summed E-state index contributed by atoms with van der Waals surface area (Å²) >= 11 is 0. The van der Waals surface area contributed by atoms with Crippen LogP contribution in [0.1, 0.15) is 50.3 Å². The smallest absolute Gasteiger partial charge is 0.122 e. The molecule has 0 spiro atoms. The Bertz CT molecular complexity index is 426. The fraction of sp³-hybridized carbons (Fsp3) is 0.647. The number of benzene rings is 1. The predicted octanol–water partition coefficient (Wildman–Crippen LogP) is 3.64. The molecule has 1 unspecified atom stereocenters. The quantitative estimate of drug-likeness (QED) is 0.844. The van der Waals surface area contributed by atoms with Crippen molar-refractivity contribution >= 4 is 0 Å². The molecule has 0 saturated carbocycles. The zero-order valence-electron chi connectivity index (χ0n) is 12.8. The Morgan fingerprint density at radius 1 is 1.16 bits per heavy atom. The van der Waals surface area contributed by atoms with Gasteiger partial charge in [0, 0.05) is 12.1 Å². The average molecular weight is 261 g/mol. The van der Waals surface area contributed by atoms with Crippen molar-refractivity contribution < 1.29 is 4.74 Å². The van der Waals surface area contributed by atoms with Gasteiger partial charge in [-0.05, 0) is 62.3 Å². The first-order valence-electron chi connectivity index (χ1n) is 7.58. The third-order valence-corrected chi connectivity index (χ3v) is 3.90. The van der Waals surface area contributed by atoms with Crippen LogP contribution in [-0.4, -0.2) is 18.7 Å². The van der Waals surface area contributed by atoms with Crippen LogP contribution in [-0.2, 0) is 12.8 Å². The molecule has 0 bridgehead atoms. The van der Waals surface area contributed by atoms with Crippen molar-refractivity contribution in [2.75, 3.05) is 6.61 Å². The molecule has 106 valence electrons. The van der Waals surface area contributed by atoms with E-state index >= 15 is 0 Å². The zero-order chi connectivity index (χ0) is 13.8. The van der Waals surface area contributed by atoms with Crippen LogP contribution in [0, 0.1) is 6.92 Å². The van der Waals surface area contributed by atoms with E-state index in [2.05, 4.69) is 45.1 Å². The highest BCUT2D eigenvalue weighted by atomic mass is 16.5. The van der Waals surface area contributed by atoms with Crippen LogP contribution in [0.3, 0.4) is 0 Å². The van der Waals surface area contributed by atoms with Gasteiger partial charge in [0.25, 0.3) is 0 Å². The minimum atomic E-state index is 0.512. The normalized spacial score (nSPS) is 15.6. The fourth-order valence-electron chi connectivity index (χ4n) is 2.99. The molecule has 0 radical (unpaired) electrons. The monoisotopic (exact) mass is 261 g/mol. The van der Waals surface area contributed by atoms with Crippen molar-refractivity contribution in [3.05, 3.63) is 28.8 Å². The maximum Gasteiger partial charge on any atom is 0.122 e. The summed E-state index contributed by atoms with van der Waals surface area (Å²) in [6.07, 6.45) is 4.75. The number of hydrogen-bond acceptors (Lipinski definition) is 2. The molecule has 0 aliphatic heterocycles. The maximum absolute atomic E-state index is 6.02. The predicted molar refractivity (Wildman–Crippen MR) is 81.0 cm³/mol. The van der Waals surface area contributed by atoms with Crippen molar-refractivity contribution in [2.24, 2.45) is 0 Å². The molecule has 2 rings (SSSR count). The van der Waals surface area contributed by atoms with Crippen LogP contribution >= 0.6 is 0 Å². The van der Waals surface area contributed by atoms with Gasteiger partial charge in [-0.25, -0.2) is 0 Å². The van der Waals surface area contributed by atoms with Gasteiger partial charge < -0.3 is 10.1 Å². The maximum atomic E-state index is 6.02. The van der Waals surface area contributed by atoms with Gasteiger partial charge in [-0.3, -0.25) is 0 Å². The fourth-order valence-corrected chi connectivity index (χ4v) is 2.99. The molecular formula is C17H27NO. The van der Waals surface area contributed by atoms with E-state index in [9.17, 15) is 0 Å². The SMILES string of the molecule is Cc1ccc(OCCC(C)NC(C)C)c2c1CCC2. The van der Waals surface area contributed by atoms with Crippen LogP contribution < -0.4 is 10.1 Å². The molecule has 0 amide bonds. The van der Waals surface area contributed by atoms with Gasteiger partial charge in [-0.2, -0.15) is 0 Å². The topological polar surface area (TPSA) is 21.3 Å². The summed E-state index contributed by atoms with van der Waals surface area (Å²) in [5.74, 6) is 1.12. The van der Waals surface area contributed by atoms with Gasteiger partial charge in [0.15, 0.2) is 0 Å².